The van der Waals surface area contributed by atoms with Gasteiger partial charge in [-0.15, -0.1) is 0 Å². The van der Waals surface area contributed by atoms with Crippen LogP contribution in [0.25, 0.3) is 0 Å². The molecular formula is C38H52N6O6S. The van der Waals surface area contributed by atoms with E-state index >= 15 is 0 Å². The van der Waals surface area contributed by atoms with E-state index in [0.29, 0.717) is 13.0 Å². The van der Waals surface area contributed by atoms with Crippen LogP contribution in [0.15, 0.2) is 78.9 Å². The zero-order chi connectivity index (χ0) is 37.9. The van der Waals surface area contributed by atoms with E-state index in [-0.39, 0.29) is 53.0 Å². The average molecular weight is 721 g/mol. The van der Waals surface area contributed by atoms with Gasteiger partial charge in [0, 0.05) is 44.4 Å². The van der Waals surface area contributed by atoms with Crippen LogP contribution in [0.3, 0.4) is 0 Å². The van der Waals surface area contributed by atoms with Crippen LogP contribution < -0.4 is 25.6 Å². The monoisotopic (exact) mass is 720 g/mol. The van der Waals surface area contributed by atoms with Gasteiger partial charge in [-0.2, -0.15) is 0 Å². The van der Waals surface area contributed by atoms with Gasteiger partial charge in [-0.1, -0.05) is 74.5 Å². The summed E-state index contributed by atoms with van der Waals surface area (Å²) in [7, 11) is -0.709. The molecule has 51 heavy (non-hydrogen) atoms. The maximum Gasteiger partial charge on any atom is 0.254 e. The lowest BCUT2D eigenvalue weighted by Crippen LogP contribution is -2.55. The number of amides is 4. The van der Waals surface area contributed by atoms with Gasteiger partial charge in [-0.3, -0.25) is 23.5 Å². The lowest BCUT2D eigenvalue weighted by atomic mass is 10.0. The lowest BCUT2D eigenvalue weighted by molar-refractivity contribution is -0.130. The highest BCUT2D eigenvalue weighted by atomic mass is 32.2. The van der Waals surface area contributed by atoms with Gasteiger partial charge in [0.1, 0.15) is 6.04 Å². The minimum Gasteiger partial charge on any atom is -0.355 e. The number of hydrogen-bond acceptors (Lipinski definition) is 7. The fourth-order valence-electron chi connectivity index (χ4n) is 5.42. The summed E-state index contributed by atoms with van der Waals surface area (Å²) in [6, 6.07) is 21.1. The molecule has 0 aliphatic carbocycles. The van der Waals surface area contributed by atoms with Crippen molar-refractivity contribution in [3.05, 3.63) is 101 Å². The Morgan fingerprint density at radius 1 is 0.784 bits per heavy atom. The fraction of sp³-hybridized carbons (Fsp3) is 0.421. The molecule has 0 radical (unpaired) electrons. The molecule has 276 valence electrons. The zero-order valence-corrected chi connectivity index (χ0v) is 31.6. The Kier molecular flexibility index (Phi) is 14.7. The van der Waals surface area contributed by atoms with Crippen LogP contribution in [0.1, 0.15) is 72.5 Å². The molecule has 0 unspecified atom stereocenters. The topological polar surface area (TPSA) is 157 Å². The van der Waals surface area contributed by atoms with Crippen molar-refractivity contribution in [3.8, 4) is 0 Å². The van der Waals surface area contributed by atoms with Gasteiger partial charge in [0.15, 0.2) is 0 Å². The number of carbonyl (C=O) groups excluding carboxylic acids is 4. The molecule has 0 spiro atoms. The van der Waals surface area contributed by atoms with Crippen LogP contribution >= 0.6 is 0 Å². The molecule has 0 bridgehead atoms. The van der Waals surface area contributed by atoms with Gasteiger partial charge in [0.05, 0.1) is 24.0 Å². The first-order chi connectivity index (χ1) is 24.0. The Morgan fingerprint density at radius 2 is 1.37 bits per heavy atom. The molecule has 3 rings (SSSR count). The molecule has 0 fully saturated rings. The predicted octanol–water partition coefficient (Wildman–Crippen LogP) is 3.51. The third kappa shape index (κ3) is 11.6. The number of benzene rings is 3. The molecule has 12 nitrogen and oxygen atoms in total. The van der Waals surface area contributed by atoms with E-state index in [1.165, 1.54) is 25.2 Å². The van der Waals surface area contributed by atoms with Crippen molar-refractivity contribution in [2.75, 3.05) is 37.7 Å². The largest absolute Gasteiger partial charge is 0.355 e. The summed E-state index contributed by atoms with van der Waals surface area (Å²) in [4.78, 5) is 55.0. The number of sulfonamides is 1. The Balaban J connectivity index is 1.90. The maximum absolute atomic E-state index is 13.9. The van der Waals surface area contributed by atoms with Crippen LogP contribution in [-0.2, 0) is 26.0 Å². The van der Waals surface area contributed by atoms with Gasteiger partial charge in [-0.25, -0.2) is 8.42 Å². The number of rotatable bonds is 17. The average Bonchev–Trinajstić information content (AvgIpc) is 3.11. The molecule has 0 aliphatic heterocycles. The minimum absolute atomic E-state index is 0.0951. The highest BCUT2D eigenvalue weighted by molar-refractivity contribution is 7.92. The Hall–Kier alpha value is -4.75. The SMILES string of the molecule is CCNC(=O)[C@@H](NC(=O)[C@H](C)NC[C@H](Cc1ccccc1)NC(=O)c1cc(C(=O)N(C)[C@H](C)c2ccccc2)cc(N(C)S(C)(=O)=O)c1)C(C)C. The van der Waals surface area contributed by atoms with Gasteiger partial charge in [0.2, 0.25) is 21.8 Å². The summed E-state index contributed by atoms with van der Waals surface area (Å²) in [5.41, 5.74) is 2.25. The van der Waals surface area contributed by atoms with E-state index < -0.39 is 34.1 Å². The Bertz CT molecular complexity index is 1750. The fourth-order valence-corrected chi connectivity index (χ4v) is 5.91. The second kappa shape index (κ2) is 18.5. The van der Waals surface area contributed by atoms with E-state index in [0.717, 1.165) is 21.7 Å². The van der Waals surface area contributed by atoms with Crippen molar-refractivity contribution in [3.63, 3.8) is 0 Å². The molecule has 0 saturated heterocycles. The van der Waals surface area contributed by atoms with Gasteiger partial charge < -0.3 is 26.2 Å². The summed E-state index contributed by atoms with van der Waals surface area (Å²) >= 11 is 0. The van der Waals surface area contributed by atoms with Gasteiger partial charge >= 0.3 is 0 Å². The second-order valence-corrected chi connectivity index (χ2v) is 15.1. The van der Waals surface area contributed by atoms with Crippen LogP contribution in [0, 0.1) is 5.92 Å². The summed E-state index contributed by atoms with van der Waals surface area (Å²) in [6.07, 6.45) is 1.46. The van der Waals surface area contributed by atoms with Gasteiger partial charge in [0.25, 0.3) is 11.8 Å². The van der Waals surface area contributed by atoms with Crippen molar-refractivity contribution < 1.29 is 27.6 Å². The molecule has 0 aromatic heterocycles. The molecule has 0 saturated carbocycles. The summed E-state index contributed by atoms with van der Waals surface area (Å²) in [5, 5.41) is 11.8. The lowest BCUT2D eigenvalue weighted by Gasteiger charge is -2.27. The van der Waals surface area contributed by atoms with Crippen LogP contribution in [-0.4, -0.2) is 88.5 Å². The summed E-state index contributed by atoms with van der Waals surface area (Å²) in [6.45, 7) is 9.72. The van der Waals surface area contributed by atoms with Crippen molar-refractivity contribution in [2.45, 2.75) is 65.2 Å². The number of hydrogen-bond donors (Lipinski definition) is 4. The van der Waals surface area contributed by atoms with Crippen molar-refractivity contribution in [1.82, 2.24) is 26.2 Å². The van der Waals surface area contributed by atoms with Crippen LogP contribution in [0.4, 0.5) is 5.69 Å². The molecule has 0 aliphatic rings. The zero-order valence-electron chi connectivity index (χ0n) is 30.8. The molecule has 4 N–H and O–H groups in total. The van der Waals surface area contributed by atoms with Crippen molar-refractivity contribution in [1.29, 1.82) is 0 Å². The molecule has 13 heteroatoms. The highest BCUT2D eigenvalue weighted by Gasteiger charge is 2.27. The Labute approximate surface area is 302 Å². The van der Waals surface area contributed by atoms with Crippen molar-refractivity contribution in [2.24, 2.45) is 5.92 Å². The highest BCUT2D eigenvalue weighted by Crippen LogP contribution is 2.25. The quantitative estimate of drug-likeness (QED) is 0.166. The minimum atomic E-state index is -3.73. The second-order valence-electron chi connectivity index (χ2n) is 13.1. The summed E-state index contributed by atoms with van der Waals surface area (Å²) < 4.78 is 26.1. The normalized spacial score (nSPS) is 13.7. The maximum atomic E-state index is 13.9. The number of carbonyl (C=O) groups is 4. The van der Waals surface area contributed by atoms with E-state index in [2.05, 4.69) is 21.3 Å². The summed E-state index contributed by atoms with van der Waals surface area (Å²) in [5.74, 6) is -1.67. The molecule has 3 aromatic rings. The number of anilines is 1. The third-order valence-electron chi connectivity index (χ3n) is 8.79. The molecular weight excluding hydrogens is 669 g/mol. The van der Waals surface area contributed by atoms with E-state index in [1.807, 2.05) is 88.4 Å². The molecule has 4 atom stereocenters. The molecule has 3 aromatic carbocycles. The van der Waals surface area contributed by atoms with Crippen LogP contribution in [0.5, 0.6) is 0 Å². The first-order valence-corrected chi connectivity index (χ1v) is 19.0. The van der Waals surface area contributed by atoms with Crippen molar-refractivity contribution >= 4 is 39.3 Å². The molecule has 4 amide bonds. The smallest absolute Gasteiger partial charge is 0.254 e. The first-order valence-electron chi connectivity index (χ1n) is 17.1. The van der Waals surface area contributed by atoms with E-state index in [1.54, 1.807) is 18.9 Å². The number of nitrogens with one attached hydrogen (secondary N) is 4. The van der Waals surface area contributed by atoms with E-state index in [4.69, 9.17) is 0 Å². The number of likely N-dealkylation sites (N-methyl/N-ethyl adjacent to an activating group) is 1. The Morgan fingerprint density at radius 3 is 1.94 bits per heavy atom. The first kappa shape index (κ1) is 40.7. The standard InChI is InChI=1S/C38H52N6O6S/c1-9-39-37(47)34(25(2)3)42-35(45)26(4)40-24-32(20-28-16-12-10-13-17-28)41-36(46)30-21-31(23-33(22-30)44(7)51(8,49)50)38(48)43(6)27(5)29-18-14-11-15-19-29/h10-19,21-23,25-27,32,34,40H,9,20,24H2,1-8H3,(H,39,47)(H,41,46)(H,42,45)/t26-,27+,32-,34-/m0/s1. The predicted molar refractivity (Wildman–Crippen MR) is 201 cm³/mol. The van der Waals surface area contributed by atoms with Gasteiger partial charge in [-0.05, 0) is 62.4 Å². The number of nitrogens with zero attached hydrogens (tertiary/aromatic N) is 2. The van der Waals surface area contributed by atoms with Crippen LogP contribution in [0.2, 0.25) is 0 Å². The molecule has 0 heterocycles. The van der Waals surface area contributed by atoms with E-state index in [9.17, 15) is 27.6 Å². The third-order valence-corrected chi connectivity index (χ3v) is 10.00.